The Hall–Kier alpha value is -2.07. The molecule has 114 valence electrons. The van der Waals surface area contributed by atoms with Gasteiger partial charge in [0.05, 0.1) is 13.0 Å². The van der Waals surface area contributed by atoms with Crippen molar-refractivity contribution in [2.24, 2.45) is 5.11 Å². The Kier molecular flexibility index (Phi) is 3.68. The molecular formula is C10H10F2N4O5. The summed E-state index contributed by atoms with van der Waals surface area (Å²) in [6.07, 6.45) is -3.89. The number of aliphatic hydroxyl groups excluding tert-OH is 2. The molecule has 1 saturated heterocycles. The molecule has 0 spiro atoms. The van der Waals surface area contributed by atoms with Crippen LogP contribution in [-0.2, 0) is 14.3 Å². The van der Waals surface area contributed by atoms with Gasteiger partial charge in [-0.2, -0.15) is 8.78 Å². The van der Waals surface area contributed by atoms with Gasteiger partial charge < -0.3 is 14.9 Å². The molecule has 0 saturated carbocycles. The van der Waals surface area contributed by atoms with Gasteiger partial charge in [0.2, 0.25) is 17.9 Å². The second kappa shape index (κ2) is 5.04. The van der Waals surface area contributed by atoms with E-state index in [9.17, 15) is 23.5 Å². The highest BCUT2D eigenvalue weighted by atomic mass is 19.3. The average Bonchev–Trinajstić information content (AvgIpc) is 2.61. The maximum absolute atomic E-state index is 14.1. The summed E-state index contributed by atoms with van der Waals surface area (Å²) in [6.45, 7) is -1.21. The number of allylic oxidation sites excluding steroid dienone is 1. The first kappa shape index (κ1) is 15.3. The van der Waals surface area contributed by atoms with Crippen molar-refractivity contribution < 1.29 is 33.3 Å². The minimum Gasteiger partial charge on any atom is -0.393 e. The van der Waals surface area contributed by atoms with Crippen LogP contribution in [0.1, 0.15) is 6.42 Å². The minimum absolute atomic E-state index is 0.426. The van der Waals surface area contributed by atoms with Crippen LogP contribution in [-0.4, -0.2) is 57.4 Å². The van der Waals surface area contributed by atoms with Gasteiger partial charge in [0.1, 0.15) is 0 Å². The van der Waals surface area contributed by atoms with Crippen molar-refractivity contribution >= 4 is 11.7 Å². The van der Waals surface area contributed by atoms with Gasteiger partial charge in [-0.15, -0.1) is 0 Å². The van der Waals surface area contributed by atoms with E-state index >= 15 is 0 Å². The third-order valence-corrected chi connectivity index (χ3v) is 3.16. The highest BCUT2D eigenvalue weighted by Gasteiger charge is 2.68. The highest BCUT2D eigenvalue weighted by Crippen LogP contribution is 2.45. The van der Waals surface area contributed by atoms with Crippen molar-refractivity contribution in [1.29, 1.82) is 0 Å². The molecule has 0 radical (unpaired) electrons. The molecule has 0 aromatic heterocycles. The first-order valence-corrected chi connectivity index (χ1v) is 5.71. The van der Waals surface area contributed by atoms with E-state index in [2.05, 4.69) is 10.0 Å². The number of ether oxygens (including phenoxy) is 1. The summed E-state index contributed by atoms with van der Waals surface area (Å²) >= 11 is 0. The van der Waals surface area contributed by atoms with E-state index in [4.69, 9.17) is 15.4 Å². The van der Waals surface area contributed by atoms with Crippen LogP contribution in [0.15, 0.2) is 17.4 Å². The highest BCUT2D eigenvalue weighted by molar-refractivity contribution is 6.06. The topological polar surface area (TPSA) is 136 Å². The zero-order valence-electron chi connectivity index (χ0n) is 10.4. The molecule has 0 aromatic carbocycles. The van der Waals surface area contributed by atoms with Crippen LogP contribution >= 0.6 is 0 Å². The molecule has 2 heterocycles. The van der Waals surface area contributed by atoms with Gasteiger partial charge >= 0.3 is 5.92 Å². The zero-order chi connectivity index (χ0) is 15.8. The van der Waals surface area contributed by atoms with E-state index in [1.165, 1.54) is 0 Å². The first-order valence-electron chi connectivity index (χ1n) is 5.71. The molecule has 0 aliphatic carbocycles. The van der Waals surface area contributed by atoms with Gasteiger partial charge in [-0.1, -0.05) is 5.11 Å². The molecule has 21 heavy (non-hydrogen) atoms. The van der Waals surface area contributed by atoms with E-state index < -0.39 is 48.7 Å². The second-order valence-corrected chi connectivity index (χ2v) is 4.50. The Labute approximate surface area is 116 Å². The molecule has 2 N–H and O–H groups in total. The largest absolute Gasteiger partial charge is 0.393 e. The predicted molar refractivity (Wildman–Crippen MR) is 60.4 cm³/mol. The Bertz CT molecular complexity index is 562. The molecule has 3 atom stereocenters. The van der Waals surface area contributed by atoms with Crippen LogP contribution in [0.4, 0.5) is 8.78 Å². The van der Waals surface area contributed by atoms with Crippen molar-refractivity contribution in [2.75, 3.05) is 6.61 Å². The normalized spacial score (nSPS) is 35.0. The quantitative estimate of drug-likeness (QED) is 0.318. The van der Waals surface area contributed by atoms with E-state index in [1.54, 1.807) is 0 Å². The van der Waals surface area contributed by atoms with Gasteiger partial charge in [-0.05, 0) is 11.6 Å². The molecular weight excluding hydrogens is 294 g/mol. The fourth-order valence-electron chi connectivity index (χ4n) is 2.08. The van der Waals surface area contributed by atoms with Gasteiger partial charge in [0.15, 0.2) is 11.9 Å². The number of hydrogen-bond donors (Lipinski definition) is 2. The number of alkyl halides is 2. The number of carbonyl (C=O) groups is 2. The van der Waals surface area contributed by atoms with Gasteiger partial charge in [0, 0.05) is 11.1 Å². The van der Waals surface area contributed by atoms with E-state index in [0.717, 1.165) is 12.3 Å². The smallest absolute Gasteiger partial charge is 0.320 e. The van der Waals surface area contributed by atoms with Crippen LogP contribution in [0.3, 0.4) is 0 Å². The molecule has 1 fully saturated rings. The average molecular weight is 304 g/mol. The third-order valence-electron chi connectivity index (χ3n) is 3.16. The number of ketones is 1. The minimum atomic E-state index is -4.02. The van der Waals surface area contributed by atoms with Crippen molar-refractivity contribution in [3.8, 4) is 0 Å². The molecule has 2 aliphatic heterocycles. The third kappa shape index (κ3) is 2.25. The number of nitrogens with zero attached hydrogens (tertiary/aromatic N) is 4. The van der Waals surface area contributed by atoms with Crippen molar-refractivity contribution in [3.05, 3.63) is 22.7 Å². The molecule has 1 amide bonds. The number of hydrogen-bond acceptors (Lipinski definition) is 6. The van der Waals surface area contributed by atoms with E-state index in [0.29, 0.717) is 4.90 Å². The summed E-state index contributed by atoms with van der Waals surface area (Å²) < 4.78 is 32.9. The summed E-state index contributed by atoms with van der Waals surface area (Å²) in [4.78, 5) is 25.3. The second-order valence-electron chi connectivity index (χ2n) is 4.50. The van der Waals surface area contributed by atoms with Crippen LogP contribution in [0.2, 0.25) is 0 Å². The standard InChI is InChI=1S/C10H10F2N4O5/c11-10(12)7(20)9(4-17,14-15-13)21-8(10)16-2-1-5(18)3-6(16)19/h1-2,7-8,17,20H,3-4H2/t7-,8-,9-/m1/s1. The summed E-state index contributed by atoms with van der Waals surface area (Å²) in [5.74, 6) is -5.55. The van der Waals surface area contributed by atoms with Crippen molar-refractivity contribution in [1.82, 2.24) is 4.90 Å². The first-order chi connectivity index (χ1) is 9.78. The van der Waals surface area contributed by atoms with Gasteiger partial charge in [0.25, 0.3) is 0 Å². The Morgan fingerprint density at radius 1 is 1.57 bits per heavy atom. The lowest BCUT2D eigenvalue weighted by molar-refractivity contribution is -0.177. The lowest BCUT2D eigenvalue weighted by Crippen LogP contribution is -2.51. The molecule has 2 aliphatic rings. The molecule has 9 nitrogen and oxygen atoms in total. The monoisotopic (exact) mass is 304 g/mol. The Morgan fingerprint density at radius 3 is 2.76 bits per heavy atom. The molecule has 0 aromatic rings. The lowest BCUT2D eigenvalue weighted by atomic mass is 10.0. The van der Waals surface area contributed by atoms with Crippen LogP contribution in [0, 0.1) is 0 Å². The lowest BCUT2D eigenvalue weighted by Gasteiger charge is -2.30. The maximum atomic E-state index is 14.1. The van der Waals surface area contributed by atoms with Crippen LogP contribution in [0.25, 0.3) is 10.4 Å². The van der Waals surface area contributed by atoms with Crippen molar-refractivity contribution in [3.63, 3.8) is 0 Å². The van der Waals surface area contributed by atoms with Crippen molar-refractivity contribution in [2.45, 2.75) is 30.4 Å². The van der Waals surface area contributed by atoms with E-state index in [1.807, 2.05) is 0 Å². The number of amides is 1. The fourth-order valence-corrected chi connectivity index (χ4v) is 2.08. The van der Waals surface area contributed by atoms with Gasteiger partial charge in [-0.3, -0.25) is 14.5 Å². The summed E-state index contributed by atoms with van der Waals surface area (Å²) in [7, 11) is 0. The maximum Gasteiger partial charge on any atom is 0.320 e. The zero-order valence-corrected chi connectivity index (χ0v) is 10.4. The predicted octanol–water partition coefficient (Wildman–Crippen LogP) is -0.347. The number of aliphatic hydroxyl groups is 2. The molecule has 2 rings (SSSR count). The number of halogens is 2. The number of azide groups is 1. The summed E-state index contributed by atoms with van der Waals surface area (Å²) in [6, 6.07) is 0. The number of rotatable bonds is 3. The summed E-state index contributed by atoms with van der Waals surface area (Å²) in [5.41, 5.74) is 5.75. The molecule has 0 bridgehead atoms. The number of carbonyl (C=O) groups excluding carboxylic acids is 2. The van der Waals surface area contributed by atoms with Crippen LogP contribution < -0.4 is 0 Å². The van der Waals surface area contributed by atoms with Gasteiger partial charge in [-0.25, -0.2) is 0 Å². The Morgan fingerprint density at radius 2 is 2.24 bits per heavy atom. The Balaban J connectivity index is 2.41. The SMILES string of the molecule is [N-]=[N+]=N[C@]1(CO)O[C@@H](N2C=CC(=O)CC2=O)C(F)(F)[C@@H]1O. The molecule has 11 heteroatoms. The summed E-state index contributed by atoms with van der Waals surface area (Å²) in [5, 5.41) is 21.6. The van der Waals surface area contributed by atoms with Crippen LogP contribution in [0.5, 0.6) is 0 Å². The van der Waals surface area contributed by atoms with E-state index in [-0.39, 0.29) is 0 Å². The fraction of sp³-hybridized carbons (Fsp3) is 0.600. The molecule has 0 unspecified atom stereocenters.